The molecule has 0 saturated carbocycles. The fraction of sp³-hybridized carbons (Fsp3) is 0.0476. The summed E-state index contributed by atoms with van der Waals surface area (Å²) in [5.41, 5.74) is 4.50. The fourth-order valence-electron chi connectivity index (χ4n) is 2.70. The van der Waals surface area contributed by atoms with Gasteiger partial charge in [-0.3, -0.25) is 0 Å². The third-order valence-corrected chi connectivity index (χ3v) is 3.97. The maximum absolute atomic E-state index is 5.25. The van der Waals surface area contributed by atoms with Crippen LogP contribution < -0.4 is 10.1 Å². The molecular weight excluding hydrogens is 310 g/mol. The van der Waals surface area contributed by atoms with Gasteiger partial charge in [-0.25, -0.2) is 9.97 Å². The van der Waals surface area contributed by atoms with Crippen molar-refractivity contribution in [3.63, 3.8) is 0 Å². The van der Waals surface area contributed by atoms with Gasteiger partial charge >= 0.3 is 0 Å². The average Bonchev–Trinajstić information content (AvgIpc) is 2.68. The summed E-state index contributed by atoms with van der Waals surface area (Å²) < 4.78 is 5.25. The van der Waals surface area contributed by atoms with Crippen molar-refractivity contribution in [3.8, 4) is 17.0 Å². The van der Waals surface area contributed by atoms with Crippen molar-refractivity contribution in [2.45, 2.75) is 0 Å². The van der Waals surface area contributed by atoms with Crippen molar-refractivity contribution < 1.29 is 4.74 Å². The Morgan fingerprint density at radius 3 is 2.04 bits per heavy atom. The molecule has 4 rings (SSSR count). The zero-order chi connectivity index (χ0) is 17.1. The molecule has 0 aliphatic carbocycles. The Kier molecular flexibility index (Phi) is 4.01. The van der Waals surface area contributed by atoms with Crippen LogP contribution in [0.4, 0.5) is 11.5 Å². The van der Waals surface area contributed by atoms with E-state index in [4.69, 9.17) is 14.7 Å². The van der Waals surface area contributed by atoms with Gasteiger partial charge in [0.2, 0.25) is 0 Å². The lowest BCUT2D eigenvalue weighted by Gasteiger charge is -2.12. The number of methoxy groups -OCH3 is 1. The van der Waals surface area contributed by atoms with Crippen LogP contribution in [-0.4, -0.2) is 17.1 Å². The van der Waals surface area contributed by atoms with Gasteiger partial charge in [-0.2, -0.15) is 0 Å². The number of para-hydroxylation sites is 3. The topological polar surface area (TPSA) is 47.0 Å². The molecule has 1 N–H and O–H groups in total. The number of rotatable bonds is 4. The monoisotopic (exact) mass is 327 g/mol. The molecule has 1 heterocycles. The first kappa shape index (κ1) is 15.1. The number of hydrogen-bond acceptors (Lipinski definition) is 4. The molecule has 0 amide bonds. The lowest BCUT2D eigenvalue weighted by atomic mass is 10.1. The van der Waals surface area contributed by atoms with E-state index < -0.39 is 0 Å². The summed E-state index contributed by atoms with van der Waals surface area (Å²) in [6.07, 6.45) is 0. The average molecular weight is 327 g/mol. The van der Waals surface area contributed by atoms with Gasteiger partial charge < -0.3 is 10.1 Å². The smallest absolute Gasteiger partial charge is 0.157 e. The van der Waals surface area contributed by atoms with Crippen molar-refractivity contribution in [1.29, 1.82) is 0 Å². The van der Waals surface area contributed by atoms with E-state index >= 15 is 0 Å². The minimum absolute atomic E-state index is 0.732. The zero-order valence-corrected chi connectivity index (χ0v) is 13.8. The van der Waals surface area contributed by atoms with Crippen LogP contribution in [0.25, 0.3) is 22.3 Å². The molecule has 0 unspecified atom stereocenters. The molecule has 4 aromatic rings. The first-order valence-corrected chi connectivity index (χ1v) is 8.07. The summed E-state index contributed by atoms with van der Waals surface area (Å²) in [4.78, 5) is 9.62. The number of hydrogen-bond donors (Lipinski definition) is 1. The van der Waals surface area contributed by atoms with Crippen LogP contribution in [-0.2, 0) is 0 Å². The molecule has 0 saturated heterocycles. The molecule has 0 aliphatic heterocycles. The van der Waals surface area contributed by atoms with Crippen LogP contribution >= 0.6 is 0 Å². The molecule has 4 heteroatoms. The van der Waals surface area contributed by atoms with Gasteiger partial charge in [0.05, 0.1) is 18.1 Å². The number of nitrogens with one attached hydrogen (secondary N) is 1. The Bertz CT molecular complexity index is 998. The third-order valence-electron chi connectivity index (χ3n) is 3.97. The zero-order valence-electron chi connectivity index (χ0n) is 13.8. The van der Waals surface area contributed by atoms with Gasteiger partial charge in [0.25, 0.3) is 0 Å². The highest BCUT2D eigenvalue weighted by Crippen LogP contribution is 2.30. The van der Waals surface area contributed by atoms with Crippen LogP contribution in [0, 0.1) is 0 Å². The summed E-state index contributed by atoms with van der Waals surface area (Å²) in [6.45, 7) is 0. The van der Waals surface area contributed by atoms with Crippen LogP contribution in [0.1, 0.15) is 0 Å². The predicted molar refractivity (Wildman–Crippen MR) is 101 cm³/mol. The number of nitrogens with zero attached hydrogens (tertiary/aromatic N) is 2. The standard InChI is InChI=1S/C21H17N3O/c1-25-17-13-11-15(12-14-17)20-21(22-16-7-3-2-4-8-16)24-19-10-6-5-9-18(19)23-20/h2-14H,1H3,(H,22,24). The highest BCUT2D eigenvalue weighted by atomic mass is 16.5. The van der Waals surface area contributed by atoms with Crippen LogP contribution in [0.3, 0.4) is 0 Å². The normalized spacial score (nSPS) is 10.6. The molecule has 0 aliphatic rings. The van der Waals surface area contributed by atoms with Crippen molar-refractivity contribution in [1.82, 2.24) is 9.97 Å². The lowest BCUT2D eigenvalue weighted by molar-refractivity contribution is 0.415. The second-order valence-corrected chi connectivity index (χ2v) is 5.63. The number of ether oxygens (including phenoxy) is 1. The molecule has 3 aromatic carbocycles. The van der Waals surface area contributed by atoms with E-state index in [9.17, 15) is 0 Å². The molecule has 0 radical (unpaired) electrons. The first-order chi connectivity index (χ1) is 12.3. The molecule has 25 heavy (non-hydrogen) atoms. The van der Waals surface area contributed by atoms with Crippen LogP contribution in [0.5, 0.6) is 5.75 Å². The summed E-state index contributed by atoms with van der Waals surface area (Å²) >= 11 is 0. The maximum Gasteiger partial charge on any atom is 0.157 e. The first-order valence-electron chi connectivity index (χ1n) is 8.07. The van der Waals surface area contributed by atoms with E-state index in [0.717, 1.165) is 39.5 Å². The summed E-state index contributed by atoms with van der Waals surface area (Å²) in [7, 11) is 1.66. The van der Waals surface area contributed by atoms with Crippen LogP contribution in [0.15, 0.2) is 78.9 Å². The third kappa shape index (κ3) is 3.15. The Hall–Kier alpha value is -3.40. The fourth-order valence-corrected chi connectivity index (χ4v) is 2.70. The highest BCUT2D eigenvalue weighted by Gasteiger charge is 2.11. The van der Waals surface area contributed by atoms with Crippen molar-refractivity contribution in [2.24, 2.45) is 0 Å². The number of benzene rings is 3. The van der Waals surface area contributed by atoms with E-state index in [1.807, 2.05) is 78.9 Å². The second-order valence-electron chi connectivity index (χ2n) is 5.63. The Balaban J connectivity index is 1.85. The van der Waals surface area contributed by atoms with Gasteiger partial charge in [-0.1, -0.05) is 30.3 Å². The molecule has 0 atom stereocenters. The Morgan fingerprint density at radius 2 is 1.36 bits per heavy atom. The molecule has 122 valence electrons. The number of fused-ring (bicyclic) bond motifs is 1. The maximum atomic E-state index is 5.25. The Labute approximate surface area is 146 Å². The van der Waals surface area contributed by atoms with E-state index in [0.29, 0.717) is 0 Å². The highest BCUT2D eigenvalue weighted by molar-refractivity contribution is 5.84. The van der Waals surface area contributed by atoms with E-state index in [1.165, 1.54) is 0 Å². The lowest BCUT2D eigenvalue weighted by Crippen LogP contribution is -2.00. The van der Waals surface area contributed by atoms with Gasteiger partial charge in [-0.15, -0.1) is 0 Å². The molecular formula is C21H17N3O. The van der Waals surface area contributed by atoms with Gasteiger partial charge in [0.15, 0.2) is 5.82 Å². The van der Waals surface area contributed by atoms with Gasteiger partial charge in [-0.05, 0) is 48.5 Å². The van der Waals surface area contributed by atoms with Crippen molar-refractivity contribution >= 4 is 22.5 Å². The van der Waals surface area contributed by atoms with Gasteiger partial charge in [0, 0.05) is 11.3 Å². The van der Waals surface area contributed by atoms with E-state index in [-0.39, 0.29) is 0 Å². The second kappa shape index (κ2) is 6.61. The molecule has 1 aromatic heterocycles. The molecule has 0 fully saturated rings. The molecule has 0 spiro atoms. The van der Waals surface area contributed by atoms with Crippen molar-refractivity contribution in [3.05, 3.63) is 78.9 Å². The minimum atomic E-state index is 0.732. The Morgan fingerprint density at radius 1 is 0.720 bits per heavy atom. The quantitative estimate of drug-likeness (QED) is 0.570. The van der Waals surface area contributed by atoms with Crippen molar-refractivity contribution in [2.75, 3.05) is 12.4 Å². The summed E-state index contributed by atoms with van der Waals surface area (Å²) in [5.74, 6) is 1.55. The summed E-state index contributed by atoms with van der Waals surface area (Å²) in [5, 5.41) is 3.39. The van der Waals surface area contributed by atoms with Crippen LogP contribution in [0.2, 0.25) is 0 Å². The van der Waals surface area contributed by atoms with E-state index in [2.05, 4.69) is 5.32 Å². The SMILES string of the molecule is COc1ccc(-c2nc3ccccc3nc2Nc2ccccc2)cc1. The molecule has 4 nitrogen and oxygen atoms in total. The predicted octanol–water partition coefficient (Wildman–Crippen LogP) is 5.05. The summed E-state index contributed by atoms with van der Waals surface area (Å²) in [6, 6.07) is 25.7. The number of aromatic nitrogens is 2. The number of anilines is 2. The largest absolute Gasteiger partial charge is 0.497 e. The molecule has 0 bridgehead atoms. The minimum Gasteiger partial charge on any atom is -0.497 e. The van der Waals surface area contributed by atoms with E-state index in [1.54, 1.807) is 7.11 Å². The van der Waals surface area contributed by atoms with Gasteiger partial charge in [0.1, 0.15) is 11.4 Å².